The lowest BCUT2D eigenvalue weighted by Gasteiger charge is -2.12. The van der Waals surface area contributed by atoms with E-state index in [9.17, 15) is 4.39 Å². The normalized spacial score (nSPS) is 10.9. The molecule has 0 bridgehead atoms. The molecule has 0 unspecified atom stereocenters. The minimum Gasteiger partial charge on any atom is -0.483 e. The Morgan fingerprint density at radius 3 is 1.97 bits per heavy atom. The maximum atomic E-state index is 13.9. The highest BCUT2D eigenvalue weighted by molar-refractivity contribution is 5.68. The minimum absolute atomic E-state index is 0.296. The van der Waals surface area contributed by atoms with Gasteiger partial charge in [0.15, 0.2) is 5.75 Å². The smallest absolute Gasteiger partial charge is 0.276 e. The molecule has 0 saturated heterocycles. The third-order valence-electron chi connectivity index (χ3n) is 4.54. The Hall–Kier alpha value is -3.99. The number of halogens is 1. The van der Waals surface area contributed by atoms with Crippen LogP contribution in [0.1, 0.15) is 22.4 Å². The zero-order chi connectivity index (χ0) is 21.3. The summed E-state index contributed by atoms with van der Waals surface area (Å²) in [7, 11) is 0. The van der Waals surface area contributed by atoms with Gasteiger partial charge in [-0.3, -0.25) is 0 Å². The zero-order valence-corrected chi connectivity index (χ0v) is 16.8. The van der Waals surface area contributed by atoms with Crippen LogP contribution in [-0.4, -0.2) is 10.2 Å². The number of ether oxygens (including phenoxy) is 2. The average Bonchev–Trinajstić information content (AvgIpc) is 2.83. The number of aromatic nitrogens is 2. The number of hydrogen-bond donors (Lipinski definition) is 0. The zero-order valence-electron chi connectivity index (χ0n) is 16.8. The number of rotatable bonds is 8. The minimum atomic E-state index is -0.296. The van der Waals surface area contributed by atoms with Gasteiger partial charge in [-0.25, -0.2) is 4.39 Å². The summed E-state index contributed by atoms with van der Waals surface area (Å²) in [6.07, 6.45) is 3.35. The molecule has 4 rings (SSSR count). The molecular formula is C26H21FN2O2. The maximum Gasteiger partial charge on any atom is 0.276 e. The Morgan fingerprint density at radius 2 is 1.29 bits per heavy atom. The van der Waals surface area contributed by atoms with E-state index in [1.54, 1.807) is 36.4 Å². The van der Waals surface area contributed by atoms with Gasteiger partial charge in [0.1, 0.15) is 19.0 Å². The Morgan fingerprint density at radius 1 is 0.677 bits per heavy atom. The summed E-state index contributed by atoms with van der Waals surface area (Å²) < 4.78 is 25.7. The SMILES string of the molecule is Fc1ccccc1/C=C/c1cc(OCc2ccccc2)c(OCc2ccccc2)nn1. The molecule has 0 fully saturated rings. The van der Waals surface area contributed by atoms with Crippen LogP contribution < -0.4 is 9.47 Å². The summed E-state index contributed by atoms with van der Waals surface area (Å²) in [6.45, 7) is 0.715. The molecule has 0 amide bonds. The first-order valence-corrected chi connectivity index (χ1v) is 9.92. The van der Waals surface area contributed by atoms with Crippen LogP contribution in [0, 0.1) is 5.82 Å². The number of hydrogen-bond acceptors (Lipinski definition) is 4. The van der Waals surface area contributed by atoms with E-state index in [4.69, 9.17) is 9.47 Å². The standard InChI is InChI=1S/C26H21FN2O2/c27-24-14-8-7-13-22(24)15-16-23-17-25(30-18-20-9-3-1-4-10-20)26(29-28-23)31-19-21-11-5-2-6-12-21/h1-17H,18-19H2/b16-15+. The van der Waals surface area contributed by atoms with Crippen LogP contribution >= 0.6 is 0 Å². The van der Waals surface area contributed by atoms with Crippen molar-refractivity contribution in [3.8, 4) is 11.6 Å². The van der Waals surface area contributed by atoms with Crippen molar-refractivity contribution in [2.45, 2.75) is 13.2 Å². The van der Waals surface area contributed by atoms with E-state index in [1.807, 2.05) is 60.7 Å². The van der Waals surface area contributed by atoms with Gasteiger partial charge >= 0.3 is 0 Å². The number of nitrogens with zero attached hydrogens (tertiary/aromatic N) is 2. The molecule has 0 radical (unpaired) electrons. The Balaban J connectivity index is 1.55. The van der Waals surface area contributed by atoms with Gasteiger partial charge in [-0.05, 0) is 29.3 Å². The van der Waals surface area contributed by atoms with Gasteiger partial charge < -0.3 is 9.47 Å². The van der Waals surface area contributed by atoms with E-state index >= 15 is 0 Å². The highest BCUT2D eigenvalue weighted by Gasteiger charge is 2.11. The molecule has 5 heteroatoms. The first kappa shape index (κ1) is 20.3. The van der Waals surface area contributed by atoms with Crippen molar-refractivity contribution in [2.75, 3.05) is 0 Å². The predicted octanol–water partition coefficient (Wildman–Crippen LogP) is 5.94. The third kappa shape index (κ3) is 5.76. The first-order valence-electron chi connectivity index (χ1n) is 9.92. The fraction of sp³-hybridized carbons (Fsp3) is 0.0769. The van der Waals surface area contributed by atoms with Crippen molar-refractivity contribution in [2.24, 2.45) is 0 Å². The summed E-state index contributed by atoms with van der Waals surface area (Å²) in [5.74, 6) is 0.487. The summed E-state index contributed by atoms with van der Waals surface area (Å²) in [5.41, 5.74) is 3.05. The Kier molecular flexibility index (Phi) is 6.65. The van der Waals surface area contributed by atoms with E-state index in [1.165, 1.54) is 6.07 Å². The summed E-state index contributed by atoms with van der Waals surface area (Å²) in [5, 5.41) is 8.39. The second-order valence-corrected chi connectivity index (χ2v) is 6.84. The van der Waals surface area contributed by atoms with Crippen molar-refractivity contribution in [3.05, 3.63) is 119 Å². The Labute approximate surface area is 180 Å². The van der Waals surface area contributed by atoms with Crippen molar-refractivity contribution >= 4 is 12.2 Å². The van der Waals surface area contributed by atoms with Gasteiger partial charge in [0.05, 0.1) is 5.69 Å². The van der Waals surface area contributed by atoms with E-state index in [2.05, 4.69) is 10.2 Å². The fourth-order valence-electron chi connectivity index (χ4n) is 2.91. The molecule has 4 nitrogen and oxygen atoms in total. The molecular weight excluding hydrogens is 391 g/mol. The van der Waals surface area contributed by atoms with Crippen molar-refractivity contribution in [1.29, 1.82) is 0 Å². The summed E-state index contributed by atoms with van der Waals surface area (Å²) >= 11 is 0. The molecule has 31 heavy (non-hydrogen) atoms. The highest BCUT2D eigenvalue weighted by atomic mass is 19.1. The predicted molar refractivity (Wildman–Crippen MR) is 119 cm³/mol. The molecule has 1 aromatic heterocycles. The van der Waals surface area contributed by atoms with Crippen molar-refractivity contribution < 1.29 is 13.9 Å². The second-order valence-electron chi connectivity index (χ2n) is 6.84. The van der Waals surface area contributed by atoms with Gasteiger partial charge in [0.25, 0.3) is 5.88 Å². The third-order valence-corrected chi connectivity index (χ3v) is 4.54. The van der Waals surface area contributed by atoms with E-state index in [0.29, 0.717) is 36.1 Å². The second kappa shape index (κ2) is 10.2. The lowest BCUT2D eigenvalue weighted by molar-refractivity contribution is 0.244. The molecule has 1 heterocycles. The number of benzene rings is 3. The van der Waals surface area contributed by atoms with Gasteiger partial charge in [0, 0.05) is 11.6 Å². The molecule has 0 aliphatic carbocycles. The summed E-state index contributed by atoms with van der Waals surface area (Å²) in [4.78, 5) is 0. The average molecular weight is 412 g/mol. The molecule has 0 N–H and O–H groups in total. The Bertz CT molecular complexity index is 1150. The molecule has 0 aliphatic rings. The van der Waals surface area contributed by atoms with Crippen LogP contribution in [0.15, 0.2) is 91.0 Å². The highest BCUT2D eigenvalue weighted by Crippen LogP contribution is 2.27. The fourth-order valence-corrected chi connectivity index (χ4v) is 2.91. The molecule has 0 atom stereocenters. The van der Waals surface area contributed by atoms with Crippen LogP contribution in [-0.2, 0) is 13.2 Å². The molecule has 0 spiro atoms. The van der Waals surface area contributed by atoms with Gasteiger partial charge in [-0.1, -0.05) is 78.9 Å². The molecule has 0 aliphatic heterocycles. The molecule has 3 aromatic carbocycles. The molecule has 0 saturated carbocycles. The lowest BCUT2D eigenvalue weighted by atomic mass is 10.2. The van der Waals surface area contributed by atoms with Gasteiger partial charge in [-0.2, -0.15) is 0 Å². The van der Waals surface area contributed by atoms with Crippen molar-refractivity contribution in [3.63, 3.8) is 0 Å². The van der Waals surface area contributed by atoms with Gasteiger partial charge in [0.2, 0.25) is 0 Å². The quantitative estimate of drug-likeness (QED) is 0.359. The van der Waals surface area contributed by atoms with E-state index in [0.717, 1.165) is 11.1 Å². The van der Waals surface area contributed by atoms with Crippen LogP contribution in [0.25, 0.3) is 12.2 Å². The van der Waals surface area contributed by atoms with Crippen LogP contribution in [0.4, 0.5) is 4.39 Å². The largest absolute Gasteiger partial charge is 0.483 e. The topological polar surface area (TPSA) is 44.2 Å². The lowest BCUT2D eigenvalue weighted by Crippen LogP contribution is -2.04. The van der Waals surface area contributed by atoms with Crippen molar-refractivity contribution in [1.82, 2.24) is 10.2 Å². The van der Waals surface area contributed by atoms with E-state index in [-0.39, 0.29) is 5.82 Å². The monoisotopic (exact) mass is 412 g/mol. The van der Waals surface area contributed by atoms with Crippen LogP contribution in [0.2, 0.25) is 0 Å². The first-order chi connectivity index (χ1) is 15.3. The summed E-state index contributed by atoms with van der Waals surface area (Å²) in [6, 6.07) is 27.9. The van der Waals surface area contributed by atoms with Gasteiger partial charge in [-0.15, -0.1) is 10.2 Å². The molecule has 154 valence electrons. The maximum absolute atomic E-state index is 13.9. The molecule has 4 aromatic rings. The van der Waals surface area contributed by atoms with Crippen LogP contribution in [0.5, 0.6) is 11.6 Å². The van der Waals surface area contributed by atoms with E-state index < -0.39 is 0 Å². The van der Waals surface area contributed by atoms with Crippen LogP contribution in [0.3, 0.4) is 0 Å².